The molecule has 1 aromatic heterocycles. The van der Waals surface area contributed by atoms with E-state index in [2.05, 4.69) is 10.5 Å². The van der Waals surface area contributed by atoms with Crippen molar-refractivity contribution < 1.29 is 9.32 Å². The Balaban J connectivity index is 2.68. The SMILES string of the molecule is Cc1cc(C(=O)NC(C)(C)CCl)no1. The first-order valence-electron chi connectivity index (χ1n) is 4.26. The summed E-state index contributed by atoms with van der Waals surface area (Å²) in [7, 11) is 0. The second-order valence-electron chi connectivity index (χ2n) is 3.79. The predicted octanol–water partition coefficient (Wildman–Crippen LogP) is 1.73. The number of nitrogens with zero attached hydrogens (tertiary/aromatic N) is 1. The third-order valence-corrected chi connectivity index (χ3v) is 2.31. The first-order chi connectivity index (χ1) is 6.44. The van der Waals surface area contributed by atoms with Gasteiger partial charge in [-0.25, -0.2) is 0 Å². The van der Waals surface area contributed by atoms with Gasteiger partial charge in [-0.2, -0.15) is 0 Å². The van der Waals surface area contributed by atoms with E-state index >= 15 is 0 Å². The van der Waals surface area contributed by atoms with Gasteiger partial charge in [0, 0.05) is 17.5 Å². The highest BCUT2D eigenvalue weighted by atomic mass is 35.5. The fourth-order valence-corrected chi connectivity index (χ4v) is 0.945. The largest absolute Gasteiger partial charge is 0.361 e. The number of aromatic nitrogens is 1. The zero-order valence-corrected chi connectivity index (χ0v) is 9.18. The molecule has 0 aliphatic carbocycles. The third kappa shape index (κ3) is 2.73. The van der Waals surface area contributed by atoms with Crippen LogP contribution in [0.3, 0.4) is 0 Å². The minimum absolute atomic E-state index is 0.271. The van der Waals surface area contributed by atoms with Gasteiger partial charge in [0.05, 0.1) is 0 Å². The molecule has 0 aliphatic heterocycles. The van der Waals surface area contributed by atoms with E-state index in [-0.39, 0.29) is 11.6 Å². The molecule has 0 unspecified atom stereocenters. The summed E-state index contributed by atoms with van der Waals surface area (Å²) >= 11 is 5.67. The maximum absolute atomic E-state index is 11.5. The molecular weight excluding hydrogens is 204 g/mol. The summed E-state index contributed by atoms with van der Waals surface area (Å²) < 4.78 is 4.79. The highest BCUT2D eigenvalue weighted by Gasteiger charge is 2.21. The summed E-state index contributed by atoms with van der Waals surface area (Å²) in [5.41, 5.74) is -0.161. The molecular formula is C9H13ClN2O2. The van der Waals surface area contributed by atoms with Crippen molar-refractivity contribution in [2.24, 2.45) is 0 Å². The van der Waals surface area contributed by atoms with E-state index in [0.717, 1.165) is 0 Å². The molecule has 0 atom stereocenters. The molecule has 1 rings (SSSR count). The van der Waals surface area contributed by atoms with Crippen LogP contribution in [0.4, 0.5) is 0 Å². The molecule has 0 fully saturated rings. The average Bonchev–Trinajstić information content (AvgIpc) is 2.51. The fraction of sp³-hybridized carbons (Fsp3) is 0.556. The lowest BCUT2D eigenvalue weighted by atomic mass is 10.1. The minimum atomic E-state index is -0.439. The number of hydrogen-bond donors (Lipinski definition) is 1. The van der Waals surface area contributed by atoms with Crippen LogP contribution in [0.15, 0.2) is 10.6 Å². The van der Waals surface area contributed by atoms with Crippen LogP contribution < -0.4 is 5.32 Å². The Labute approximate surface area is 87.6 Å². The first kappa shape index (κ1) is 11.0. The Morgan fingerprint density at radius 2 is 2.36 bits per heavy atom. The maximum Gasteiger partial charge on any atom is 0.273 e. The molecule has 0 saturated heterocycles. The summed E-state index contributed by atoms with van der Waals surface area (Å²) in [6.07, 6.45) is 0. The van der Waals surface area contributed by atoms with Crippen LogP contribution in [-0.4, -0.2) is 22.5 Å². The number of carbonyl (C=O) groups is 1. The van der Waals surface area contributed by atoms with Crippen LogP contribution in [0, 0.1) is 6.92 Å². The van der Waals surface area contributed by atoms with E-state index in [1.807, 2.05) is 13.8 Å². The van der Waals surface area contributed by atoms with Gasteiger partial charge in [-0.3, -0.25) is 4.79 Å². The summed E-state index contributed by atoms with van der Waals surface area (Å²) in [5, 5.41) is 6.35. The Kier molecular flexibility index (Phi) is 3.16. The second kappa shape index (κ2) is 4.00. The number of rotatable bonds is 3. The monoisotopic (exact) mass is 216 g/mol. The molecule has 1 heterocycles. The van der Waals surface area contributed by atoms with E-state index in [4.69, 9.17) is 16.1 Å². The summed E-state index contributed by atoms with van der Waals surface area (Å²) in [4.78, 5) is 11.5. The van der Waals surface area contributed by atoms with E-state index < -0.39 is 5.54 Å². The van der Waals surface area contributed by atoms with Crippen molar-refractivity contribution in [1.82, 2.24) is 10.5 Å². The molecule has 0 aromatic carbocycles. The van der Waals surface area contributed by atoms with Crippen molar-refractivity contribution in [2.75, 3.05) is 5.88 Å². The van der Waals surface area contributed by atoms with Crippen molar-refractivity contribution >= 4 is 17.5 Å². The van der Waals surface area contributed by atoms with Crippen LogP contribution in [0.2, 0.25) is 0 Å². The molecule has 1 amide bonds. The summed E-state index contributed by atoms with van der Waals surface area (Å²) in [6.45, 7) is 5.41. The molecule has 0 aliphatic rings. The normalized spacial score (nSPS) is 11.4. The third-order valence-electron chi connectivity index (χ3n) is 1.65. The van der Waals surface area contributed by atoms with Gasteiger partial charge in [-0.15, -0.1) is 11.6 Å². The van der Waals surface area contributed by atoms with Gasteiger partial charge in [0.25, 0.3) is 5.91 Å². The van der Waals surface area contributed by atoms with E-state index in [9.17, 15) is 4.79 Å². The van der Waals surface area contributed by atoms with Crippen LogP contribution in [0.5, 0.6) is 0 Å². The lowest BCUT2D eigenvalue weighted by Crippen LogP contribution is -2.45. The molecule has 0 spiro atoms. The van der Waals surface area contributed by atoms with E-state index in [1.165, 1.54) is 0 Å². The van der Waals surface area contributed by atoms with Crippen LogP contribution in [-0.2, 0) is 0 Å². The highest BCUT2D eigenvalue weighted by molar-refractivity contribution is 6.18. The standard InChI is InChI=1S/C9H13ClN2O2/c1-6-4-7(12-14-6)8(13)11-9(2,3)5-10/h4H,5H2,1-3H3,(H,11,13). The van der Waals surface area contributed by atoms with Gasteiger partial charge in [0.2, 0.25) is 0 Å². The molecule has 1 N–H and O–H groups in total. The van der Waals surface area contributed by atoms with Gasteiger partial charge in [-0.1, -0.05) is 5.16 Å². The van der Waals surface area contributed by atoms with Gasteiger partial charge < -0.3 is 9.84 Å². The summed E-state index contributed by atoms with van der Waals surface area (Å²) in [6, 6.07) is 1.58. The quantitative estimate of drug-likeness (QED) is 0.783. The Bertz CT molecular complexity index is 333. The fourth-order valence-electron chi connectivity index (χ4n) is 0.878. The Morgan fingerprint density at radius 1 is 1.71 bits per heavy atom. The van der Waals surface area contributed by atoms with Crippen molar-refractivity contribution in [3.63, 3.8) is 0 Å². The molecule has 0 saturated carbocycles. The van der Waals surface area contributed by atoms with Gasteiger partial charge >= 0.3 is 0 Å². The molecule has 4 nitrogen and oxygen atoms in total. The number of carbonyl (C=O) groups excluding carboxylic acids is 1. The molecule has 0 radical (unpaired) electrons. The van der Waals surface area contributed by atoms with Gasteiger partial charge in [0.1, 0.15) is 5.76 Å². The maximum atomic E-state index is 11.5. The van der Waals surface area contributed by atoms with Crippen molar-refractivity contribution in [2.45, 2.75) is 26.3 Å². The number of halogens is 1. The lowest BCUT2D eigenvalue weighted by Gasteiger charge is -2.22. The van der Waals surface area contributed by atoms with Gasteiger partial charge in [0.15, 0.2) is 5.69 Å². The topological polar surface area (TPSA) is 55.1 Å². The van der Waals surface area contributed by atoms with Crippen LogP contribution >= 0.6 is 11.6 Å². The first-order valence-corrected chi connectivity index (χ1v) is 4.80. The average molecular weight is 217 g/mol. The molecule has 0 bridgehead atoms. The molecule has 78 valence electrons. The zero-order valence-electron chi connectivity index (χ0n) is 8.43. The number of aryl methyl sites for hydroxylation is 1. The van der Waals surface area contributed by atoms with Crippen molar-refractivity contribution in [3.8, 4) is 0 Å². The molecule has 5 heteroatoms. The highest BCUT2D eigenvalue weighted by Crippen LogP contribution is 2.07. The zero-order chi connectivity index (χ0) is 10.8. The smallest absolute Gasteiger partial charge is 0.273 e. The Hall–Kier alpha value is -1.03. The summed E-state index contributed by atoms with van der Waals surface area (Å²) in [5.74, 6) is 0.682. The van der Waals surface area contributed by atoms with Crippen LogP contribution in [0.25, 0.3) is 0 Å². The van der Waals surface area contributed by atoms with E-state index in [1.54, 1.807) is 13.0 Å². The number of alkyl halides is 1. The number of amides is 1. The van der Waals surface area contributed by atoms with Crippen molar-refractivity contribution in [1.29, 1.82) is 0 Å². The lowest BCUT2D eigenvalue weighted by molar-refractivity contribution is 0.0911. The van der Waals surface area contributed by atoms with Crippen molar-refractivity contribution in [3.05, 3.63) is 17.5 Å². The molecule has 14 heavy (non-hydrogen) atoms. The van der Waals surface area contributed by atoms with E-state index in [0.29, 0.717) is 11.6 Å². The predicted molar refractivity (Wildman–Crippen MR) is 53.5 cm³/mol. The molecule has 1 aromatic rings. The number of hydrogen-bond acceptors (Lipinski definition) is 3. The van der Waals surface area contributed by atoms with Crippen LogP contribution in [0.1, 0.15) is 30.1 Å². The second-order valence-corrected chi connectivity index (χ2v) is 4.06. The Morgan fingerprint density at radius 3 is 2.79 bits per heavy atom. The minimum Gasteiger partial charge on any atom is -0.361 e. The van der Waals surface area contributed by atoms with Gasteiger partial charge in [-0.05, 0) is 20.8 Å². The number of nitrogens with one attached hydrogen (secondary N) is 1.